The zero-order valence-corrected chi connectivity index (χ0v) is 12.8. The van der Waals surface area contributed by atoms with Gasteiger partial charge in [-0.05, 0) is 37.6 Å². The maximum atomic E-state index is 11.2. The Morgan fingerprint density at radius 2 is 1.82 bits per heavy atom. The fourth-order valence-corrected chi connectivity index (χ4v) is 2.05. The zero-order valence-electron chi connectivity index (χ0n) is 12.8. The normalized spacial score (nSPS) is 10.3. The van der Waals surface area contributed by atoms with Gasteiger partial charge in [0.15, 0.2) is 5.78 Å². The van der Waals surface area contributed by atoms with E-state index in [-0.39, 0.29) is 11.5 Å². The number of ketones is 1. The van der Waals surface area contributed by atoms with E-state index in [0.29, 0.717) is 24.5 Å². The van der Waals surface area contributed by atoms with Crippen molar-refractivity contribution in [1.29, 1.82) is 0 Å². The van der Waals surface area contributed by atoms with Crippen LogP contribution in [0.1, 0.15) is 29.3 Å². The Balaban J connectivity index is 1.76. The van der Waals surface area contributed by atoms with Crippen LogP contribution in [0.15, 0.2) is 42.5 Å². The summed E-state index contributed by atoms with van der Waals surface area (Å²) in [7, 11) is 0. The van der Waals surface area contributed by atoms with Crippen LogP contribution in [0.5, 0.6) is 17.2 Å². The van der Waals surface area contributed by atoms with Crippen molar-refractivity contribution in [3.63, 3.8) is 0 Å². The van der Waals surface area contributed by atoms with E-state index in [0.717, 1.165) is 17.7 Å². The third-order valence-corrected chi connectivity index (χ3v) is 3.26. The van der Waals surface area contributed by atoms with Gasteiger partial charge in [0, 0.05) is 12.5 Å². The number of benzene rings is 2. The van der Waals surface area contributed by atoms with Gasteiger partial charge >= 0.3 is 0 Å². The first kappa shape index (κ1) is 15.9. The van der Waals surface area contributed by atoms with Crippen LogP contribution >= 0.6 is 0 Å². The number of ether oxygens (including phenoxy) is 2. The van der Waals surface area contributed by atoms with E-state index in [1.54, 1.807) is 12.1 Å². The van der Waals surface area contributed by atoms with Gasteiger partial charge in [-0.25, -0.2) is 0 Å². The quantitative estimate of drug-likeness (QED) is 0.625. The molecule has 116 valence electrons. The van der Waals surface area contributed by atoms with Crippen molar-refractivity contribution in [3.05, 3.63) is 53.6 Å². The average molecular weight is 300 g/mol. The van der Waals surface area contributed by atoms with Crippen molar-refractivity contribution < 1.29 is 19.4 Å². The number of phenolic OH excluding ortho intramolecular Hbond substituents is 1. The van der Waals surface area contributed by atoms with Gasteiger partial charge in [-0.1, -0.05) is 18.2 Å². The number of rotatable bonds is 7. The molecule has 4 nitrogen and oxygen atoms in total. The van der Waals surface area contributed by atoms with Crippen LogP contribution in [0.4, 0.5) is 0 Å². The molecule has 0 bridgehead atoms. The molecule has 0 saturated carbocycles. The minimum absolute atomic E-state index is 0.0545. The Labute approximate surface area is 130 Å². The molecule has 0 amide bonds. The smallest absolute Gasteiger partial charge is 0.163 e. The number of carbonyl (C=O) groups excluding carboxylic acids is 1. The summed E-state index contributed by atoms with van der Waals surface area (Å²) in [4.78, 5) is 11.2. The molecule has 0 atom stereocenters. The minimum atomic E-state index is -0.171. The Morgan fingerprint density at radius 3 is 2.50 bits per heavy atom. The molecule has 2 aromatic carbocycles. The molecule has 0 aliphatic heterocycles. The van der Waals surface area contributed by atoms with Crippen molar-refractivity contribution in [2.75, 3.05) is 13.2 Å². The van der Waals surface area contributed by atoms with Crippen molar-refractivity contribution in [2.45, 2.75) is 20.3 Å². The minimum Gasteiger partial charge on any atom is -0.507 e. The maximum absolute atomic E-state index is 11.2. The van der Waals surface area contributed by atoms with Crippen molar-refractivity contribution in [3.8, 4) is 17.2 Å². The van der Waals surface area contributed by atoms with Crippen LogP contribution in [0, 0.1) is 6.92 Å². The molecule has 2 aromatic rings. The Kier molecular flexibility index (Phi) is 5.42. The summed E-state index contributed by atoms with van der Waals surface area (Å²) in [5.41, 5.74) is 1.41. The largest absolute Gasteiger partial charge is 0.507 e. The molecule has 0 radical (unpaired) electrons. The van der Waals surface area contributed by atoms with E-state index in [1.807, 2.05) is 31.2 Å². The molecule has 0 aromatic heterocycles. The predicted octanol–water partition coefficient (Wildman–Crippen LogP) is 3.75. The van der Waals surface area contributed by atoms with Crippen molar-refractivity contribution >= 4 is 5.78 Å². The number of carbonyl (C=O) groups is 1. The molecule has 0 aliphatic carbocycles. The summed E-state index contributed by atoms with van der Waals surface area (Å²) in [5, 5.41) is 9.72. The molecule has 0 heterocycles. The van der Waals surface area contributed by atoms with Crippen LogP contribution < -0.4 is 9.47 Å². The summed E-state index contributed by atoms with van der Waals surface area (Å²) < 4.78 is 11.2. The third-order valence-electron chi connectivity index (χ3n) is 3.26. The number of phenols is 1. The summed E-state index contributed by atoms with van der Waals surface area (Å²) in [5.74, 6) is 1.20. The lowest BCUT2D eigenvalue weighted by Crippen LogP contribution is -2.05. The van der Waals surface area contributed by atoms with Gasteiger partial charge in [-0.15, -0.1) is 0 Å². The number of Topliss-reactive ketones (excluding diaryl/α,β-unsaturated/α-hetero) is 1. The van der Waals surface area contributed by atoms with Gasteiger partial charge in [0.25, 0.3) is 0 Å². The van der Waals surface area contributed by atoms with Crippen molar-refractivity contribution in [2.24, 2.45) is 0 Å². The standard InChI is InChI=1S/C18H20O4/c1-13-6-3-4-7-18(13)22-11-5-10-21-15-8-9-16(14(2)19)17(20)12-15/h3-4,6-9,12,20H,5,10-11H2,1-2H3. The molecule has 0 unspecified atom stereocenters. The fraction of sp³-hybridized carbons (Fsp3) is 0.278. The lowest BCUT2D eigenvalue weighted by Gasteiger charge is -2.10. The zero-order chi connectivity index (χ0) is 15.9. The third kappa shape index (κ3) is 4.25. The van der Waals surface area contributed by atoms with E-state index in [2.05, 4.69) is 0 Å². The highest BCUT2D eigenvalue weighted by Crippen LogP contribution is 2.24. The Hall–Kier alpha value is -2.49. The van der Waals surface area contributed by atoms with Gasteiger partial charge in [0.2, 0.25) is 0 Å². The van der Waals surface area contributed by atoms with Gasteiger partial charge in [0.05, 0.1) is 18.8 Å². The Bertz CT molecular complexity index is 649. The molecular formula is C18H20O4. The highest BCUT2D eigenvalue weighted by Gasteiger charge is 2.07. The van der Waals surface area contributed by atoms with Gasteiger partial charge < -0.3 is 14.6 Å². The molecular weight excluding hydrogens is 280 g/mol. The lowest BCUT2D eigenvalue weighted by molar-refractivity contribution is 0.101. The van der Waals surface area contributed by atoms with E-state index in [1.165, 1.54) is 13.0 Å². The summed E-state index contributed by atoms with van der Waals surface area (Å²) in [6, 6.07) is 12.6. The molecule has 0 fully saturated rings. The van der Waals surface area contributed by atoms with Crippen LogP contribution in [0.3, 0.4) is 0 Å². The van der Waals surface area contributed by atoms with Crippen LogP contribution in [0.25, 0.3) is 0 Å². The van der Waals surface area contributed by atoms with Crippen molar-refractivity contribution in [1.82, 2.24) is 0 Å². The number of aromatic hydroxyl groups is 1. The fourth-order valence-electron chi connectivity index (χ4n) is 2.05. The van der Waals surface area contributed by atoms with Crippen LogP contribution in [0.2, 0.25) is 0 Å². The SMILES string of the molecule is CC(=O)c1ccc(OCCCOc2ccccc2C)cc1O. The number of hydrogen-bond donors (Lipinski definition) is 1. The number of para-hydroxylation sites is 1. The van der Waals surface area contributed by atoms with E-state index >= 15 is 0 Å². The summed E-state index contributed by atoms with van der Waals surface area (Å²) >= 11 is 0. The van der Waals surface area contributed by atoms with E-state index < -0.39 is 0 Å². The van der Waals surface area contributed by atoms with E-state index in [4.69, 9.17) is 9.47 Å². The first-order chi connectivity index (χ1) is 10.6. The summed E-state index contributed by atoms with van der Waals surface area (Å²) in [6.07, 6.45) is 0.726. The predicted molar refractivity (Wildman–Crippen MR) is 84.9 cm³/mol. The molecule has 22 heavy (non-hydrogen) atoms. The number of hydrogen-bond acceptors (Lipinski definition) is 4. The topological polar surface area (TPSA) is 55.8 Å². The van der Waals surface area contributed by atoms with Gasteiger partial charge in [0.1, 0.15) is 17.2 Å². The lowest BCUT2D eigenvalue weighted by atomic mass is 10.1. The molecule has 0 saturated heterocycles. The second-order valence-corrected chi connectivity index (χ2v) is 5.05. The molecule has 4 heteroatoms. The first-order valence-corrected chi connectivity index (χ1v) is 7.23. The number of aryl methyl sites for hydroxylation is 1. The van der Waals surface area contributed by atoms with Gasteiger partial charge in [-0.2, -0.15) is 0 Å². The van der Waals surface area contributed by atoms with Crippen LogP contribution in [-0.4, -0.2) is 24.1 Å². The van der Waals surface area contributed by atoms with Crippen LogP contribution in [-0.2, 0) is 0 Å². The monoisotopic (exact) mass is 300 g/mol. The first-order valence-electron chi connectivity index (χ1n) is 7.23. The summed E-state index contributed by atoms with van der Waals surface area (Å²) in [6.45, 7) is 4.46. The maximum Gasteiger partial charge on any atom is 0.163 e. The average Bonchev–Trinajstić information content (AvgIpc) is 2.48. The molecule has 0 aliphatic rings. The second-order valence-electron chi connectivity index (χ2n) is 5.05. The second kappa shape index (κ2) is 7.50. The van der Waals surface area contributed by atoms with Gasteiger partial charge in [-0.3, -0.25) is 4.79 Å². The Morgan fingerprint density at radius 1 is 1.09 bits per heavy atom. The molecule has 0 spiro atoms. The molecule has 1 N–H and O–H groups in total. The van der Waals surface area contributed by atoms with E-state index in [9.17, 15) is 9.90 Å². The highest BCUT2D eigenvalue weighted by molar-refractivity contribution is 5.96. The highest BCUT2D eigenvalue weighted by atomic mass is 16.5. The molecule has 2 rings (SSSR count).